The van der Waals surface area contributed by atoms with Crippen molar-refractivity contribution in [1.82, 2.24) is 19.3 Å². The van der Waals surface area contributed by atoms with Crippen LogP contribution in [0.1, 0.15) is 11.3 Å². The van der Waals surface area contributed by atoms with Crippen molar-refractivity contribution in [1.29, 1.82) is 0 Å². The zero-order chi connectivity index (χ0) is 12.3. The molecule has 0 N–H and O–H groups in total. The third-order valence-electron chi connectivity index (χ3n) is 2.56. The van der Waals surface area contributed by atoms with Crippen LogP contribution in [0.5, 0.6) is 0 Å². The van der Waals surface area contributed by atoms with Gasteiger partial charge in [-0.25, -0.2) is 4.98 Å². The fourth-order valence-electron chi connectivity index (χ4n) is 1.55. The average Bonchev–Trinajstić information content (AvgIpc) is 2.87. The Labute approximate surface area is 110 Å². The van der Waals surface area contributed by atoms with Gasteiger partial charge in [-0.15, -0.1) is 11.6 Å². The predicted molar refractivity (Wildman–Crippen MR) is 70.4 cm³/mol. The smallest absolute Gasteiger partial charge is 0.167 e. The van der Waals surface area contributed by atoms with E-state index in [2.05, 4.69) is 10.1 Å². The highest BCUT2D eigenvalue weighted by Crippen LogP contribution is 2.19. The SMILES string of the molecule is Cn1cc(CCSc2ncc(CCl)n2C)cn1. The number of alkyl halides is 1. The summed E-state index contributed by atoms with van der Waals surface area (Å²) in [4.78, 5) is 4.34. The summed E-state index contributed by atoms with van der Waals surface area (Å²) in [6.07, 6.45) is 6.79. The fraction of sp³-hybridized carbons (Fsp3) is 0.455. The van der Waals surface area contributed by atoms with Gasteiger partial charge in [-0.05, 0) is 12.0 Å². The fourth-order valence-corrected chi connectivity index (χ4v) is 2.75. The number of halogens is 1. The lowest BCUT2D eigenvalue weighted by Crippen LogP contribution is -1.96. The van der Waals surface area contributed by atoms with Crippen LogP contribution in [0.25, 0.3) is 0 Å². The first-order valence-electron chi connectivity index (χ1n) is 5.37. The number of hydrogen-bond acceptors (Lipinski definition) is 3. The molecule has 2 aromatic heterocycles. The maximum absolute atomic E-state index is 5.80. The highest BCUT2D eigenvalue weighted by molar-refractivity contribution is 7.99. The molecule has 0 aliphatic heterocycles. The number of aryl methyl sites for hydroxylation is 2. The van der Waals surface area contributed by atoms with E-state index in [4.69, 9.17) is 11.6 Å². The first-order chi connectivity index (χ1) is 8.20. The van der Waals surface area contributed by atoms with Crippen LogP contribution in [0.4, 0.5) is 0 Å². The molecule has 0 spiro atoms. The first kappa shape index (κ1) is 12.5. The molecule has 0 aromatic carbocycles. The number of aromatic nitrogens is 4. The van der Waals surface area contributed by atoms with Gasteiger partial charge in [0.25, 0.3) is 0 Å². The van der Waals surface area contributed by atoms with Crippen LogP contribution in [0.15, 0.2) is 23.7 Å². The van der Waals surface area contributed by atoms with Crippen LogP contribution in [0, 0.1) is 0 Å². The van der Waals surface area contributed by atoms with E-state index in [1.807, 2.05) is 41.9 Å². The van der Waals surface area contributed by atoms with E-state index in [9.17, 15) is 0 Å². The van der Waals surface area contributed by atoms with Gasteiger partial charge in [0, 0.05) is 26.0 Å². The molecule has 92 valence electrons. The number of hydrogen-bond donors (Lipinski definition) is 0. The monoisotopic (exact) mass is 270 g/mol. The Hall–Kier alpha value is -0.940. The molecule has 0 bridgehead atoms. The molecule has 0 aliphatic carbocycles. The zero-order valence-corrected chi connectivity index (χ0v) is 11.5. The summed E-state index contributed by atoms with van der Waals surface area (Å²) in [6, 6.07) is 0. The van der Waals surface area contributed by atoms with Crippen molar-refractivity contribution in [2.75, 3.05) is 5.75 Å². The maximum atomic E-state index is 5.80. The quantitative estimate of drug-likeness (QED) is 0.617. The Bertz CT molecular complexity index is 491. The predicted octanol–water partition coefficient (Wildman–Crippen LogP) is 2.23. The van der Waals surface area contributed by atoms with E-state index in [0.29, 0.717) is 5.88 Å². The molecule has 2 heterocycles. The van der Waals surface area contributed by atoms with Crippen LogP contribution in [0.2, 0.25) is 0 Å². The van der Waals surface area contributed by atoms with Gasteiger partial charge in [0.1, 0.15) is 0 Å². The molecule has 0 saturated carbocycles. The lowest BCUT2D eigenvalue weighted by molar-refractivity contribution is 0.760. The van der Waals surface area contributed by atoms with Gasteiger partial charge in [-0.1, -0.05) is 11.8 Å². The Morgan fingerprint density at radius 3 is 2.76 bits per heavy atom. The van der Waals surface area contributed by atoms with Crippen molar-refractivity contribution in [3.8, 4) is 0 Å². The highest BCUT2D eigenvalue weighted by atomic mass is 35.5. The van der Waals surface area contributed by atoms with Gasteiger partial charge in [0.05, 0.1) is 24.0 Å². The number of nitrogens with zero attached hydrogens (tertiary/aromatic N) is 4. The summed E-state index contributed by atoms with van der Waals surface area (Å²) in [5, 5.41) is 5.16. The second-order valence-corrected chi connectivity index (χ2v) is 5.17. The maximum Gasteiger partial charge on any atom is 0.167 e. The van der Waals surface area contributed by atoms with E-state index in [1.54, 1.807) is 11.8 Å². The summed E-state index contributed by atoms with van der Waals surface area (Å²) >= 11 is 7.54. The molecular weight excluding hydrogens is 256 g/mol. The van der Waals surface area contributed by atoms with Crippen molar-refractivity contribution in [3.05, 3.63) is 29.8 Å². The van der Waals surface area contributed by atoms with Gasteiger partial charge in [-0.2, -0.15) is 5.10 Å². The number of thioether (sulfide) groups is 1. The molecule has 2 rings (SSSR count). The van der Waals surface area contributed by atoms with E-state index in [0.717, 1.165) is 23.0 Å². The molecule has 0 radical (unpaired) electrons. The van der Waals surface area contributed by atoms with Gasteiger partial charge >= 0.3 is 0 Å². The van der Waals surface area contributed by atoms with Gasteiger partial charge in [-0.3, -0.25) is 4.68 Å². The van der Waals surface area contributed by atoms with Gasteiger partial charge in [0.2, 0.25) is 0 Å². The topological polar surface area (TPSA) is 35.6 Å². The third kappa shape index (κ3) is 3.04. The summed E-state index contributed by atoms with van der Waals surface area (Å²) in [6.45, 7) is 0. The first-order valence-corrected chi connectivity index (χ1v) is 6.89. The second kappa shape index (κ2) is 5.60. The summed E-state index contributed by atoms with van der Waals surface area (Å²) in [5.74, 6) is 1.50. The van der Waals surface area contributed by atoms with E-state index in [1.165, 1.54) is 5.56 Å². The van der Waals surface area contributed by atoms with Crippen molar-refractivity contribution >= 4 is 23.4 Å². The van der Waals surface area contributed by atoms with E-state index in [-0.39, 0.29) is 0 Å². The summed E-state index contributed by atoms with van der Waals surface area (Å²) in [7, 11) is 3.93. The average molecular weight is 271 g/mol. The molecule has 0 unspecified atom stereocenters. The molecule has 0 atom stereocenters. The number of rotatable bonds is 5. The largest absolute Gasteiger partial charge is 0.325 e. The van der Waals surface area contributed by atoms with Crippen molar-refractivity contribution in [2.24, 2.45) is 14.1 Å². The van der Waals surface area contributed by atoms with E-state index < -0.39 is 0 Å². The second-order valence-electron chi connectivity index (χ2n) is 3.85. The zero-order valence-electron chi connectivity index (χ0n) is 9.93. The van der Waals surface area contributed by atoms with Crippen LogP contribution in [-0.4, -0.2) is 25.1 Å². The minimum absolute atomic E-state index is 0.507. The summed E-state index contributed by atoms with van der Waals surface area (Å²) in [5.41, 5.74) is 2.31. The Morgan fingerprint density at radius 1 is 1.35 bits per heavy atom. The van der Waals surface area contributed by atoms with Crippen LogP contribution >= 0.6 is 23.4 Å². The van der Waals surface area contributed by atoms with Gasteiger partial charge in [0.15, 0.2) is 5.16 Å². The van der Waals surface area contributed by atoms with Crippen molar-refractivity contribution in [3.63, 3.8) is 0 Å². The van der Waals surface area contributed by atoms with Gasteiger partial charge < -0.3 is 4.57 Å². The lowest BCUT2D eigenvalue weighted by atomic mass is 10.3. The Kier molecular flexibility index (Phi) is 4.12. The lowest BCUT2D eigenvalue weighted by Gasteiger charge is -2.02. The van der Waals surface area contributed by atoms with Crippen LogP contribution in [-0.2, 0) is 26.4 Å². The molecule has 0 fully saturated rings. The van der Waals surface area contributed by atoms with Crippen molar-refractivity contribution in [2.45, 2.75) is 17.5 Å². The molecule has 0 aliphatic rings. The molecule has 4 nitrogen and oxygen atoms in total. The third-order valence-corrected chi connectivity index (χ3v) is 3.88. The minimum Gasteiger partial charge on any atom is -0.325 e. The van der Waals surface area contributed by atoms with E-state index >= 15 is 0 Å². The Morgan fingerprint density at radius 2 is 2.18 bits per heavy atom. The molecule has 0 saturated heterocycles. The standard InChI is InChI=1S/C11H15ClN4S/c1-15-8-9(6-14-15)3-4-17-11-13-7-10(5-12)16(11)2/h6-8H,3-5H2,1-2H3. The molecular formula is C11H15ClN4S. The molecule has 0 amide bonds. The molecule has 2 aromatic rings. The Balaban J connectivity index is 1.87. The normalized spacial score (nSPS) is 11.0. The summed E-state index contributed by atoms with van der Waals surface area (Å²) < 4.78 is 3.87. The van der Waals surface area contributed by atoms with Crippen LogP contribution < -0.4 is 0 Å². The van der Waals surface area contributed by atoms with Crippen LogP contribution in [0.3, 0.4) is 0 Å². The minimum atomic E-state index is 0.507. The highest BCUT2D eigenvalue weighted by Gasteiger charge is 2.06. The molecule has 17 heavy (non-hydrogen) atoms. The van der Waals surface area contributed by atoms with Crippen molar-refractivity contribution < 1.29 is 0 Å². The molecule has 6 heteroatoms. The number of imidazole rings is 1.